The summed E-state index contributed by atoms with van der Waals surface area (Å²) in [5.41, 5.74) is 2.39. The number of nitrogens with one attached hydrogen (secondary N) is 1. The van der Waals surface area contributed by atoms with Gasteiger partial charge in [-0.15, -0.1) is 0 Å². The van der Waals surface area contributed by atoms with Crippen LogP contribution in [0, 0.1) is 5.82 Å². The highest BCUT2D eigenvalue weighted by atomic mass is 19.1. The highest BCUT2D eigenvalue weighted by molar-refractivity contribution is 5.94. The van der Waals surface area contributed by atoms with E-state index in [0.29, 0.717) is 6.54 Å². The minimum absolute atomic E-state index is 0.105. The predicted molar refractivity (Wildman–Crippen MR) is 116 cm³/mol. The van der Waals surface area contributed by atoms with E-state index in [2.05, 4.69) is 35.0 Å². The van der Waals surface area contributed by atoms with E-state index in [1.165, 1.54) is 36.9 Å². The molecule has 0 spiro atoms. The summed E-state index contributed by atoms with van der Waals surface area (Å²) in [6, 6.07) is 14.4. The Morgan fingerprint density at radius 1 is 1.00 bits per heavy atom. The maximum atomic E-state index is 13.6. The molecule has 1 amide bonds. The fourth-order valence-electron chi connectivity index (χ4n) is 3.61. The number of amides is 1. The molecule has 0 atom stereocenters. The summed E-state index contributed by atoms with van der Waals surface area (Å²) in [5.74, 6) is 0.325. The molecule has 0 saturated heterocycles. The molecule has 3 aromatic rings. The molecule has 0 fully saturated rings. The minimum Gasteiger partial charge on any atom is -0.352 e. The Morgan fingerprint density at radius 2 is 1.79 bits per heavy atom. The zero-order chi connectivity index (χ0) is 20.5. The van der Waals surface area contributed by atoms with Crippen molar-refractivity contribution in [2.75, 3.05) is 6.54 Å². The molecule has 29 heavy (non-hydrogen) atoms. The number of aromatic nitrogens is 2. The second-order valence-corrected chi connectivity index (χ2v) is 7.42. The van der Waals surface area contributed by atoms with E-state index in [1.54, 1.807) is 12.1 Å². The van der Waals surface area contributed by atoms with Crippen LogP contribution in [0.4, 0.5) is 4.39 Å². The summed E-state index contributed by atoms with van der Waals surface area (Å²) in [5, 5.41) is 2.81. The van der Waals surface area contributed by atoms with Crippen LogP contribution in [0.15, 0.2) is 48.5 Å². The molecular formula is C24H30FN3O. The second kappa shape index (κ2) is 10.7. The summed E-state index contributed by atoms with van der Waals surface area (Å²) in [7, 11) is 0. The third-order valence-corrected chi connectivity index (χ3v) is 5.20. The Bertz CT molecular complexity index is 935. The van der Waals surface area contributed by atoms with Gasteiger partial charge in [-0.3, -0.25) is 4.79 Å². The van der Waals surface area contributed by atoms with Crippen LogP contribution in [-0.2, 0) is 13.0 Å². The van der Waals surface area contributed by atoms with Crippen LogP contribution < -0.4 is 5.32 Å². The van der Waals surface area contributed by atoms with Gasteiger partial charge in [0.05, 0.1) is 16.6 Å². The van der Waals surface area contributed by atoms with Crippen LogP contribution >= 0.6 is 0 Å². The zero-order valence-electron chi connectivity index (χ0n) is 17.2. The van der Waals surface area contributed by atoms with Gasteiger partial charge < -0.3 is 9.88 Å². The van der Waals surface area contributed by atoms with Gasteiger partial charge in [-0.05, 0) is 43.5 Å². The summed E-state index contributed by atoms with van der Waals surface area (Å²) in [6.07, 6.45) is 7.43. The van der Waals surface area contributed by atoms with Crippen LogP contribution in [0.1, 0.15) is 61.6 Å². The molecule has 1 heterocycles. The van der Waals surface area contributed by atoms with Gasteiger partial charge in [0.1, 0.15) is 11.6 Å². The number of halogens is 1. The van der Waals surface area contributed by atoms with E-state index in [0.717, 1.165) is 43.6 Å². The molecule has 0 aliphatic carbocycles. The van der Waals surface area contributed by atoms with Crippen molar-refractivity contribution in [3.63, 3.8) is 0 Å². The van der Waals surface area contributed by atoms with Crippen LogP contribution in [0.3, 0.4) is 0 Å². The summed E-state index contributed by atoms with van der Waals surface area (Å²) < 4.78 is 16.0. The second-order valence-electron chi connectivity index (χ2n) is 7.42. The molecule has 1 aromatic heterocycles. The summed E-state index contributed by atoms with van der Waals surface area (Å²) >= 11 is 0. The Kier molecular flexibility index (Phi) is 7.79. The van der Waals surface area contributed by atoms with Gasteiger partial charge in [0.25, 0.3) is 5.91 Å². The van der Waals surface area contributed by atoms with Crippen molar-refractivity contribution in [2.45, 2.75) is 58.4 Å². The number of carbonyl (C=O) groups is 1. The van der Waals surface area contributed by atoms with Gasteiger partial charge in [0, 0.05) is 19.5 Å². The lowest BCUT2D eigenvalue weighted by atomic mass is 10.1. The first-order valence-electron chi connectivity index (χ1n) is 10.7. The Hall–Kier alpha value is -2.69. The van der Waals surface area contributed by atoms with Gasteiger partial charge in [0.15, 0.2) is 0 Å². The zero-order valence-corrected chi connectivity index (χ0v) is 17.2. The number of benzene rings is 2. The van der Waals surface area contributed by atoms with Crippen molar-refractivity contribution < 1.29 is 9.18 Å². The number of fused-ring (bicyclic) bond motifs is 1. The number of para-hydroxylation sites is 2. The number of carbonyl (C=O) groups excluding carboxylic acids is 1. The Balaban J connectivity index is 1.46. The van der Waals surface area contributed by atoms with Crippen molar-refractivity contribution in [3.05, 3.63) is 65.7 Å². The number of hydrogen-bond donors (Lipinski definition) is 1. The van der Waals surface area contributed by atoms with Crippen molar-refractivity contribution in [1.82, 2.24) is 14.9 Å². The molecule has 154 valence electrons. The maximum absolute atomic E-state index is 13.6. The van der Waals surface area contributed by atoms with Crippen LogP contribution in [0.2, 0.25) is 0 Å². The SMILES string of the molecule is CCCCCn1c(CCCCCNC(=O)c2ccccc2F)nc2ccccc21. The average Bonchev–Trinajstić information content (AvgIpc) is 3.08. The largest absolute Gasteiger partial charge is 0.352 e. The van der Waals surface area contributed by atoms with Crippen molar-refractivity contribution in [1.29, 1.82) is 0 Å². The van der Waals surface area contributed by atoms with Crippen LogP contribution in [-0.4, -0.2) is 22.0 Å². The molecule has 3 rings (SSSR count). The highest BCUT2D eigenvalue weighted by Crippen LogP contribution is 2.19. The minimum atomic E-state index is -0.480. The van der Waals surface area contributed by atoms with E-state index in [-0.39, 0.29) is 11.5 Å². The third kappa shape index (κ3) is 5.66. The molecule has 5 heteroatoms. The Labute approximate surface area is 172 Å². The van der Waals surface area contributed by atoms with Crippen molar-refractivity contribution >= 4 is 16.9 Å². The van der Waals surface area contributed by atoms with Crippen LogP contribution in [0.25, 0.3) is 11.0 Å². The molecule has 4 nitrogen and oxygen atoms in total. The van der Waals surface area contributed by atoms with Gasteiger partial charge in [-0.2, -0.15) is 0 Å². The fraction of sp³-hybridized carbons (Fsp3) is 0.417. The first-order valence-corrected chi connectivity index (χ1v) is 10.7. The molecule has 0 bridgehead atoms. The summed E-state index contributed by atoms with van der Waals surface area (Å²) in [6.45, 7) is 3.79. The first-order chi connectivity index (χ1) is 14.2. The lowest BCUT2D eigenvalue weighted by Crippen LogP contribution is -2.25. The lowest BCUT2D eigenvalue weighted by Gasteiger charge is -2.09. The number of rotatable bonds is 11. The molecule has 0 saturated carbocycles. The summed E-state index contributed by atoms with van der Waals surface area (Å²) in [4.78, 5) is 16.9. The van der Waals surface area contributed by atoms with E-state index in [4.69, 9.17) is 4.98 Å². The molecule has 1 N–H and O–H groups in total. The lowest BCUT2D eigenvalue weighted by molar-refractivity contribution is 0.0949. The number of nitrogens with zero attached hydrogens (tertiary/aromatic N) is 2. The van der Waals surface area contributed by atoms with Crippen molar-refractivity contribution in [3.8, 4) is 0 Å². The van der Waals surface area contributed by atoms with Gasteiger partial charge in [-0.25, -0.2) is 9.37 Å². The highest BCUT2D eigenvalue weighted by Gasteiger charge is 2.11. The molecule has 0 aliphatic rings. The predicted octanol–water partition coefficient (Wildman–Crippen LogP) is 5.51. The van der Waals surface area contributed by atoms with Crippen LogP contribution in [0.5, 0.6) is 0 Å². The molecule has 0 aliphatic heterocycles. The number of imidazole rings is 1. The molecular weight excluding hydrogens is 365 g/mol. The monoisotopic (exact) mass is 395 g/mol. The Morgan fingerprint density at radius 3 is 2.62 bits per heavy atom. The van der Waals surface area contributed by atoms with Crippen molar-refractivity contribution in [2.24, 2.45) is 0 Å². The molecule has 0 unspecified atom stereocenters. The number of hydrogen-bond acceptors (Lipinski definition) is 2. The number of aryl methyl sites for hydroxylation is 2. The smallest absolute Gasteiger partial charge is 0.254 e. The third-order valence-electron chi connectivity index (χ3n) is 5.20. The maximum Gasteiger partial charge on any atom is 0.254 e. The molecule has 0 radical (unpaired) electrons. The van der Waals surface area contributed by atoms with Gasteiger partial charge in [-0.1, -0.05) is 50.5 Å². The fourth-order valence-corrected chi connectivity index (χ4v) is 3.61. The quantitative estimate of drug-likeness (QED) is 0.435. The standard InChI is InChI=1S/C24H30FN3O/c1-2-3-11-18-28-22-15-9-8-14-21(22)27-23(28)16-5-4-10-17-26-24(29)19-12-6-7-13-20(19)25/h6-9,12-15H,2-5,10-11,16-18H2,1H3,(H,26,29). The van der Waals surface area contributed by atoms with Gasteiger partial charge >= 0.3 is 0 Å². The number of unbranched alkanes of at least 4 members (excludes halogenated alkanes) is 4. The van der Waals surface area contributed by atoms with E-state index in [9.17, 15) is 9.18 Å². The van der Waals surface area contributed by atoms with E-state index < -0.39 is 5.82 Å². The molecule has 2 aromatic carbocycles. The normalized spacial score (nSPS) is 11.1. The topological polar surface area (TPSA) is 46.9 Å². The average molecular weight is 396 g/mol. The van der Waals surface area contributed by atoms with Gasteiger partial charge in [0.2, 0.25) is 0 Å². The van der Waals surface area contributed by atoms with E-state index >= 15 is 0 Å². The van der Waals surface area contributed by atoms with E-state index in [1.807, 2.05) is 6.07 Å². The first kappa shape index (κ1) is 21.0.